The van der Waals surface area contributed by atoms with Crippen molar-refractivity contribution in [2.24, 2.45) is 11.8 Å². The van der Waals surface area contributed by atoms with E-state index in [1.54, 1.807) is 11.8 Å². The number of carbonyl (C=O) groups excluding carboxylic acids is 2. The van der Waals surface area contributed by atoms with E-state index >= 15 is 0 Å². The molecule has 1 aliphatic rings. The third kappa shape index (κ3) is 5.45. The summed E-state index contributed by atoms with van der Waals surface area (Å²) in [6.45, 7) is 9.23. The zero-order valence-electron chi connectivity index (χ0n) is 18.3. The van der Waals surface area contributed by atoms with Crippen LogP contribution < -0.4 is 5.32 Å². The Morgan fingerprint density at radius 2 is 1.67 bits per heavy atom. The summed E-state index contributed by atoms with van der Waals surface area (Å²) in [5.74, 6) is 1.41. The van der Waals surface area contributed by atoms with Crippen LogP contribution in [0.4, 0.5) is 0 Å². The molecule has 1 fully saturated rings. The second kappa shape index (κ2) is 10.2. The van der Waals surface area contributed by atoms with E-state index < -0.39 is 0 Å². The monoisotopic (exact) mass is 424 g/mol. The van der Waals surface area contributed by atoms with Gasteiger partial charge in [0, 0.05) is 18.2 Å². The molecule has 0 saturated carbocycles. The molecule has 4 nitrogen and oxygen atoms in total. The second-order valence-electron chi connectivity index (χ2n) is 8.60. The minimum Gasteiger partial charge on any atom is -0.349 e. The van der Waals surface area contributed by atoms with Crippen LogP contribution in [0.3, 0.4) is 0 Å². The number of hydrogen-bond donors (Lipinski definition) is 1. The smallest absolute Gasteiger partial charge is 0.251 e. The van der Waals surface area contributed by atoms with E-state index in [1.807, 2.05) is 47.4 Å². The second-order valence-corrected chi connectivity index (χ2v) is 9.66. The number of benzene rings is 2. The molecule has 1 atom stereocenters. The van der Waals surface area contributed by atoms with Crippen molar-refractivity contribution in [2.75, 3.05) is 12.3 Å². The van der Waals surface area contributed by atoms with Gasteiger partial charge in [-0.05, 0) is 41.5 Å². The quantitative estimate of drug-likeness (QED) is 0.655. The van der Waals surface area contributed by atoms with E-state index in [2.05, 4.69) is 45.1 Å². The molecule has 30 heavy (non-hydrogen) atoms. The van der Waals surface area contributed by atoms with Crippen LogP contribution in [0, 0.1) is 11.8 Å². The minimum absolute atomic E-state index is 0.0115. The lowest BCUT2D eigenvalue weighted by molar-refractivity contribution is -0.128. The maximum absolute atomic E-state index is 12.7. The number of thioether (sulfide) groups is 1. The zero-order valence-corrected chi connectivity index (χ0v) is 19.1. The number of rotatable bonds is 8. The SMILES string of the molecule is CC(C)C(NC(=O)c1ccc([C@H]2SCC(=O)N2CCc2ccccc2)cc1)C(C)C. The van der Waals surface area contributed by atoms with E-state index in [9.17, 15) is 9.59 Å². The van der Waals surface area contributed by atoms with Gasteiger partial charge in [0.25, 0.3) is 5.91 Å². The van der Waals surface area contributed by atoms with Crippen LogP contribution in [-0.4, -0.2) is 35.1 Å². The molecule has 0 radical (unpaired) electrons. The van der Waals surface area contributed by atoms with Crippen LogP contribution in [0.25, 0.3) is 0 Å². The van der Waals surface area contributed by atoms with E-state index in [0.29, 0.717) is 29.7 Å². The van der Waals surface area contributed by atoms with E-state index in [0.717, 1.165) is 12.0 Å². The van der Waals surface area contributed by atoms with Crippen molar-refractivity contribution in [3.05, 3.63) is 71.3 Å². The summed E-state index contributed by atoms with van der Waals surface area (Å²) in [6.07, 6.45) is 0.843. The first-order valence-electron chi connectivity index (χ1n) is 10.7. The highest BCUT2D eigenvalue weighted by atomic mass is 32.2. The van der Waals surface area contributed by atoms with Crippen LogP contribution in [0.5, 0.6) is 0 Å². The number of nitrogens with one attached hydrogen (secondary N) is 1. The first kappa shape index (κ1) is 22.4. The summed E-state index contributed by atoms with van der Waals surface area (Å²) < 4.78 is 0. The first-order valence-corrected chi connectivity index (χ1v) is 11.8. The maximum atomic E-state index is 12.7. The lowest BCUT2D eigenvalue weighted by Gasteiger charge is -2.26. The molecular weight excluding hydrogens is 392 g/mol. The van der Waals surface area contributed by atoms with Crippen molar-refractivity contribution >= 4 is 23.6 Å². The normalized spacial score (nSPS) is 16.7. The van der Waals surface area contributed by atoms with Gasteiger partial charge in [0.15, 0.2) is 0 Å². The fourth-order valence-corrected chi connectivity index (χ4v) is 5.22. The predicted octanol–water partition coefficient (Wildman–Crippen LogP) is 4.91. The Morgan fingerprint density at radius 3 is 2.27 bits per heavy atom. The minimum atomic E-state index is -0.0370. The third-order valence-corrected chi connectivity index (χ3v) is 6.90. The Morgan fingerprint density at radius 1 is 1.03 bits per heavy atom. The lowest BCUT2D eigenvalue weighted by Crippen LogP contribution is -2.42. The largest absolute Gasteiger partial charge is 0.349 e. The highest BCUT2D eigenvalue weighted by Gasteiger charge is 2.32. The maximum Gasteiger partial charge on any atom is 0.251 e. The number of carbonyl (C=O) groups is 2. The standard InChI is InChI=1S/C25H32N2O2S/c1-17(2)23(18(3)4)26-24(29)20-10-12-21(13-11-20)25-27(22(28)16-30-25)15-14-19-8-6-5-7-9-19/h5-13,17-18,23,25H,14-16H2,1-4H3,(H,26,29)/t25-/m1/s1. The van der Waals surface area contributed by atoms with Crippen molar-refractivity contribution in [1.82, 2.24) is 10.2 Å². The fourth-order valence-electron chi connectivity index (χ4n) is 4.00. The molecule has 0 bridgehead atoms. The Kier molecular flexibility index (Phi) is 7.59. The average Bonchev–Trinajstić information content (AvgIpc) is 3.11. The molecule has 2 aromatic rings. The molecule has 3 rings (SSSR count). The third-order valence-electron chi connectivity index (χ3n) is 5.64. The van der Waals surface area contributed by atoms with Crippen LogP contribution in [-0.2, 0) is 11.2 Å². The molecule has 1 saturated heterocycles. The molecule has 0 spiro atoms. The van der Waals surface area contributed by atoms with Gasteiger partial charge in [-0.25, -0.2) is 0 Å². The van der Waals surface area contributed by atoms with E-state index in [-0.39, 0.29) is 23.2 Å². The first-order chi connectivity index (χ1) is 14.4. The van der Waals surface area contributed by atoms with Gasteiger partial charge in [-0.3, -0.25) is 9.59 Å². The topological polar surface area (TPSA) is 49.4 Å². The summed E-state index contributed by atoms with van der Waals surface area (Å²) in [4.78, 5) is 27.1. The Labute approximate surface area is 184 Å². The van der Waals surface area contributed by atoms with Gasteiger partial charge >= 0.3 is 0 Å². The Balaban J connectivity index is 1.66. The molecule has 1 heterocycles. The fraction of sp³-hybridized carbons (Fsp3) is 0.440. The van der Waals surface area contributed by atoms with Crippen molar-refractivity contribution in [1.29, 1.82) is 0 Å². The molecule has 0 aliphatic carbocycles. The number of nitrogens with zero attached hydrogens (tertiary/aromatic N) is 1. The number of amides is 2. The molecule has 5 heteroatoms. The van der Waals surface area contributed by atoms with Crippen LogP contribution in [0.2, 0.25) is 0 Å². The van der Waals surface area contributed by atoms with E-state index in [1.165, 1.54) is 5.56 Å². The van der Waals surface area contributed by atoms with Crippen molar-refractivity contribution in [3.63, 3.8) is 0 Å². The lowest BCUT2D eigenvalue weighted by atomic mass is 9.93. The number of hydrogen-bond acceptors (Lipinski definition) is 3. The molecule has 0 unspecified atom stereocenters. The van der Waals surface area contributed by atoms with Gasteiger partial charge in [-0.1, -0.05) is 70.2 Å². The highest BCUT2D eigenvalue weighted by molar-refractivity contribution is 8.00. The Bertz CT molecular complexity index is 841. The summed E-state index contributed by atoms with van der Waals surface area (Å²) in [5.41, 5.74) is 2.97. The summed E-state index contributed by atoms with van der Waals surface area (Å²) in [6, 6.07) is 18.1. The van der Waals surface area contributed by atoms with Gasteiger partial charge < -0.3 is 10.2 Å². The molecule has 2 amide bonds. The molecule has 160 valence electrons. The molecule has 1 N–H and O–H groups in total. The van der Waals surface area contributed by atoms with Crippen LogP contribution in [0.15, 0.2) is 54.6 Å². The van der Waals surface area contributed by atoms with Gasteiger partial charge in [0.05, 0.1) is 5.75 Å². The summed E-state index contributed by atoms with van der Waals surface area (Å²) >= 11 is 1.66. The van der Waals surface area contributed by atoms with Crippen LogP contribution >= 0.6 is 11.8 Å². The molecule has 0 aromatic heterocycles. The van der Waals surface area contributed by atoms with Gasteiger partial charge in [0.1, 0.15) is 5.37 Å². The molecule has 2 aromatic carbocycles. The van der Waals surface area contributed by atoms with Gasteiger partial charge in [0.2, 0.25) is 5.91 Å². The summed E-state index contributed by atoms with van der Waals surface area (Å²) in [5, 5.41) is 3.18. The van der Waals surface area contributed by atoms with Crippen molar-refractivity contribution in [3.8, 4) is 0 Å². The van der Waals surface area contributed by atoms with Gasteiger partial charge in [-0.2, -0.15) is 0 Å². The molecular formula is C25H32N2O2S. The van der Waals surface area contributed by atoms with Crippen molar-refractivity contribution in [2.45, 2.75) is 45.5 Å². The molecule has 1 aliphatic heterocycles. The van der Waals surface area contributed by atoms with E-state index in [4.69, 9.17) is 0 Å². The average molecular weight is 425 g/mol. The predicted molar refractivity (Wildman–Crippen MR) is 124 cm³/mol. The summed E-state index contributed by atoms with van der Waals surface area (Å²) in [7, 11) is 0. The van der Waals surface area contributed by atoms with Crippen molar-refractivity contribution < 1.29 is 9.59 Å². The zero-order chi connectivity index (χ0) is 21.7. The van der Waals surface area contributed by atoms with Crippen LogP contribution in [0.1, 0.15) is 54.6 Å². The van der Waals surface area contributed by atoms with Gasteiger partial charge in [-0.15, -0.1) is 11.8 Å². The Hall–Kier alpha value is -2.27. The highest BCUT2D eigenvalue weighted by Crippen LogP contribution is 2.38.